The highest BCUT2D eigenvalue weighted by molar-refractivity contribution is 5.88. The lowest BCUT2D eigenvalue weighted by molar-refractivity contribution is -0.130. The van der Waals surface area contributed by atoms with Gasteiger partial charge in [0.15, 0.2) is 0 Å². The number of hydrogen-bond donors (Lipinski definition) is 1. The molecule has 0 rings (SSSR count). The Labute approximate surface area is 134 Å². The van der Waals surface area contributed by atoms with Crippen LogP contribution >= 0.6 is 12.4 Å². The quantitative estimate of drug-likeness (QED) is 0.539. The van der Waals surface area contributed by atoms with Gasteiger partial charge in [-0.05, 0) is 34.6 Å². The molecule has 124 valence electrons. The fourth-order valence-corrected chi connectivity index (χ4v) is 1.81. The predicted molar refractivity (Wildman–Crippen MR) is 89.1 cm³/mol. The number of nitrogens with one attached hydrogen (secondary N) is 1. The van der Waals surface area contributed by atoms with Gasteiger partial charge in [-0.15, -0.1) is 12.4 Å². The first-order chi connectivity index (χ1) is 9.49. The lowest BCUT2D eigenvalue weighted by Gasteiger charge is -2.19. The molecule has 0 saturated heterocycles. The summed E-state index contributed by atoms with van der Waals surface area (Å²) in [5.41, 5.74) is 0. The van der Waals surface area contributed by atoms with E-state index in [2.05, 4.69) is 10.3 Å². The Kier molecular flexibility index (Phi) is 13.0. The van der Waals surface area contributed by atoms with Crippen molar-refractivity contribution >= 4 is 30.1 Å². The van der Waals surface area contributed by atoms with E-state index in [0.29, 0.717) is 32.0 Å². The minimum Gasteiger partial charge on any atom is -0.365 e. The SMILES string of the molecule is CCN(CC)C(=O)CN=C(C)NCC(=O)N(CC)CC.Cl. The van der Waals surface area contributed by atoms with Crippen molar-refractivity contribution in [3.8, 4) is 0 Å². The van der Waals surface area contributed by atoms with Crippen LogP contribution in [-0.2, 0) is 9.59 Å². The van der Waals surface area contributed by atoms with E-state index in [1.807, 2.05) is 27.7 Å². The Morgan fingerprint density at radius 1 is 0.905 bits per heavy atom. The molecule has 0 saturated carbocycles. The van der Waals surface area contributed by atoms with Crippen LogP contribution in [0.5, 0.6) is 0 Å². The highest BCUT2D eigenvalue weighted by Crippen LogP contribution is 1.91. The maximum atomic E-state index is 11.8. The Hall–Kier alpha value is -1.30. The van der Waals surface area contributed by atoms with Crippen molar-refractivity contribution in [1.82, 2.24) is 15.1 Å². The third kappa shape index (κ3) is 8.55. The Morgan fingerprint density at radius 2 is 1.33 bits per heavy atom. The van der Waals surface area contributed by atoms with Gasteiger partial charge in [0, 0.05) is 26.2 Å². The largest absolute Gasteiger partial charge is 0.365 e. The van der Waals surface area contributed by atoms with E-state index in [9.17, 15) is 9.59 Å². The van der Waals surface area contributed by atoms with E-state index in [4.69, 9.17) is 0 Å². The van der Waals surface area contributed by atoms with Gasteiger partial charge in [0.2, 0.25) is 11.8 Å². The summed E-state index contributed by atoms with van der Waals surface area (Å²) in [6, 6.07) is 0. The van der Waals surface area contributed by atoms with Gasteiger partial charge in [-0.25, -0.2) is 0 Å². The first-order valence-electron chi connectivity index (χ1n) is 7.30. The van der Waals surface area contributed by atoms with Crippen molar-refractivity contribution in [3.05, 3.63) is 0 Å². The molecule has 0 aliphatic rings. The molecule has 6 nitrogen and oxygen atoms in total. The Bertz CT molecular complexity index is 340. The van der Waals surface area contributed by atoms with Gasteiger partial charge in [-0.1, -0.05) is 0 Å². The molecule has 0 aliphatic carbocycles. The summed E-state index contributed by atoms with van der Waals surface area (Å²) in [6.45, 7) is 12.7. The van der Waals surface area contributed by atoms with Crippen LogP contribution in [0.15, 0.2) is 4.99 Å². The molecule has 0 bridgehead atoms. The molecule has 0 fully saturated rings. The summed E-state index contributed by atoms with van der Waals surface area (Å²) in [5.74, 6) is 0.664. The number of rotatable bonds is 8. The number of likely N-dealkylation sites (N-methyl/N-ethyl adjacent to an activating group) is 2. The second kappa shape index (κ2) is 12.4. The van der Waals surface area contributed by atoms with Crippen LogP contribution in [0.4, 0.5) is 0 Å². The average Bonchev–Trinajstić information content (AvgIpc) is 2.45. The molecular weight excluding hydrogens is 292 g/mol. The van der Waals surface area contributed by atoms with E-state index in [-0.39, 0.29) is 37.3 Å². The van der Waals surface area contributed by atoms with Crippen molar-refractivity contribution in [2.45, 2.75) is 34.6 Å². The van der Waals surface area contributed by atoms with Crippen molar-refractivity contribution in [2.75, 3.05) is 39.3 Å². The molecule has 0 radical (unpaired) electrons. The third-order valence-corrected chi connectivity index (χ3v) is 3.18. The Morgan fingerprint density at radius 3 is 1.76 bits per heavy atom. The monoisotopic (exact) mass is 320 g/mol. The summed E-state index contributed by atoms with van der Waals surface area (Å²) >= 11 is 0. The van der Waals surface area contributed by atoms with Gasteiger partial charge >= 0.3 is 0 Å². The zero-order valence-corrected chi connectivity index (χ0v) is 14.6. The summed E-state index contributed by atoms with van der Waals surface area (Å²) in [4.78, 5) is 31.2. The van der Waals surface area contributed by atoms with Crippen molar-refractivity contribution < 1.29 is 9.59 Å². The minimum atomic E-state index is 0. The number of halogens is 1. The van der Waals surface area contributed by atoms with Gasteiger partial charge in [0.05, 0.1) is 12.4 Å². The number of amides is 2. The van der Waals surface area contributed by atoms with Crippen LogP contribution in [0, 0.1) is 0 Å². The maximum Gasteiger partial charge on any atom is 0.244 e. The third-order valence-electron chi connectivity index (χ3n) is 3.18. The highest BCUT2D eigenvalue weighted by atomic mass is 35.5. The molecular formula is C14H29ClN4O2. The van der Waals surface area contributed by atoms with Crippen LogP contribution in [0.1, 0.15) is 34.6 Å². The van der Waals surface area contributed by atoms with Gasteiger partial charge in [-0.2, -0.15) is 0 Å². The molecule has 0 spiro atoms. The van der Waals surface area contributed by atoms with Gasteiger partial charge < -0.3 is 15.1 Å². The van der Waals surface area contributed by atoms with E-state index in [1.165, 1.54) is 0 Å². The van der Waals surface area contributed by atoms with Crippen LogP contribution in [-0.4, -0.2) is 66.7 Å². The van der Waals surface area contributed by atoms with Gasteiger partial charge in [0.1, 0.15) is 6.54 Å². The Balaban J connectivity index is 0. The van der Waals surface area contributed by atoms with Crippen LogP contribution in [0.25, 0.3) is 0 Å². The first-order valence-corrected chi connectivity index (χ1v) is 7.30. The average molecular weight is 321 g/mol. The molecule has 0 aliphatic heterocycles. The van der Waals surface area contributed by atoms with E-state index < -0.39 is 0 Å². The molecule has 0 unspecified atom stereocenters. The maximum absolute atomic E-state index is 11.8. The zero-order chi connectivity index (χ0) is 15.5. The first kappa shape index (κ1) is 22.0. The number of aliphatic imine (C=N–C) groups is 1. The molecule has 0 aromatic rings. The molecule has 0 atom stereocenters. The van der Waals surface area contributed by atoms with Gasteiger partial charge in [0.25, 0.3) is 0 Å². The summed E-state index contributed by atoms with van der Waals surface area (Å²) < 4.78 is 0. The van der Waals surface area contributed by atoms with Crippen LogP contribution in [0.2, 0.25) is 0 Å². The summed E-state index contributed by atoms with van der Waals surface area (Å²) in [7, 11) is 0. The fraction of sp³-hybridized carbons (Fsp3) is 0.786. The number of carbonyl (C=O) groups excluding carboxylic acids is 2. The van der Waals surface area contributed by atoms with Crippen LogP contribution < -0.4 is 5.32 Å². The van der Waals surface area contributed by atoms with E-state index in [1.54, 1.807) is 16.7 Å². The van der Waals surface area contributed by atoms with Crippen molar-refractivity contribution in [3.63, 3.8) is 0 Å². The lowest BCUT2D eigenvalue weighted by atomic mass is 10.4. The number of nitrogens with zero attached hydrogens (tertiary/aromatic N) is 3. The zero-order valence-electron chi connectivity index (χ0n) is 13.8. The molecule has 0 aromatic carbocycles. The second-order valence-electron chi connectivity index (χ2n) is 4.39. The number of hydrogen-bond acceptors (Lipinski definition) is 3. The number of amidine groups is 1. The molecule has 2 amide bonds. The molecule has 0 heterocycles. The predicted octanol–water partition coefficient (Wildman–Crippen LogP) is 1.15. The second-order valence-corrected chi connectivity index (χ2v) is 4.39. The molecule has 0 aromatic heterocycles. The molecule has 21 heavy (non-hydrogen) atoms. The van der Waals surface area contributed by atoms with E-state index in [0.717, 1.165) is 0 Å². The molecule has 1 N–H and O–H groups in total. The van der Waals surface area contributed by atoms with E-state index >= 15 is 0 Å². The summed E-state index contributed by atoms with van der Waals surface area (Å²) in [5, 5.41) is 2.95. The number of carbonyl (C=O) groups is 2. The minimum absolute atomic E-state index is 0. The van der Waals surface area contributed by atoms with Crippen molar-refractivity contribution in [1.29, 1.82) is 0 Å². The summed E-state index contributed by atoms with van der Waals surface area (Å²) in [6.07, 6.45) is 0. The smallest absolute Gasteiger partial charge is 0.244 e. The van der Waals surface area contributed by atoms with Gasteiger partial charge in [-0.3, -0.25) is 14.6 Å². The highest BCUT2D eigenvalue weighted by Gasteiger charge is 2.10. The standard InChI is InChI=1S/C14H28N4O2.ClH/c1-6-17(7-2)13(19)10-15-12(5)16-11-14(20)18(8-3)9-4;/h6-11H2,1-5H3,(H,15,16);1H. The van der Waals surface area contributed by atoms with Crippen LogP contribution in [0.3, 0.4) is 0 Å². The fourth-order valence-electron chi connectivity index (χ4n) is 1.81. The molecule has 7 heteroatoms. The lowest BCUT2D eigenvalue weighted by Crippen LogP contribution is -2.39. The topological polar surface area (TPSA) is 65.0 Å². The van der Waals surface area contributed by atoms with Crippen molar-refractivity contribution in [2.24, 2.45) is 4.99 Å². The normalized spacial score (nSPS) is 10.6.